The molecule has 0 bridgehead atoms. The van der Waals surface area contributed by atoms with E-state index >= 15 is 0 Å². The first-order valence-electron chi connectivity index (χ1n) is 16.8. The summed E-state index contributed by atoms with van der Waals surface area (Å²) in [5, 5.41) is 2.14. The summed E-state index contributed by atoms with van der Waals surface area (Å²) in [5.74, 6) is 1.81. The molecule has 4 nitrogen and oxygen atoms in total. The summed E-state index contributed by atoms with van der Waals surface area (Å²) in [6.45, 7) is 2.11. The maximum atomic E-state index is 6.78. The molecule has 0 aliphatic heterocycles. The number of hydrogen-bond donors (Lipinski definition) is 0. The fourth-order valence-electron chi connectivity index (χ4n) is 6.80. The van der Waals surface area contributed by atoms with Gasteiger partial charge in [0, 0.05) is 33.0 Å². The van der Waals surface area contributed by atoms with Gasteiger partial charge in [-0.25, -0.2) is 15.0 Å². The molecule has 0 saturated heterocycles. The van der Waals surface area contributed by atoms with Crippen LogP contribution in [0.4, 0.5) is 0 Å². The molecular formula is C46H31N3O. The van der Waals surface area contributed by atoms with Crippen molar-refractivity contribution in [1.82, 2.24) is 15.0 Å². The third-order valence-corrected chi connectivity index (χ3v) is 9.22. The van der Waals surface area contributed by atoms with Crippen molar-refractivity contribution in [2.75, 3.05) is 0 Å². The molecule has 0 unspecified atom stereocenters. The number of nitrogens with zero attached hydrogens (tertiary/aromatic N) is 3. The molecule has 0 saturated carbocycles. The Kier molecular flexibility index (Phi) is 7.33. The monoisotopic (exact) mass is 641 g/mol. The molecule has 0 aliphatic rings. The van der Waals surface area contributed by atoms with Crippen LogP contribution in [-0.4, -0.2) is 15.0 Å². The second kappa shape index (κ2) is 12.4. The molecule has 4 heteroatoms. The molecule has 0 radical (unpaired) electrons. The molecule has 7 aromatic carbocycles. The van der Waals surface area contributed by atoms with Crippen molar-refractivity contribution in [3.05, 3.63) is 175 Å². The Morgan fingerprint density at radius 1 is 0.400 bits per heavy atom. The van der Waals surface area contributed by atoms with Crippen molar-refractivity contribution < 1.29 is 4.42 Å². The van der Waals surface area contributed by atoms with E-state index in [2.05, 4.69) is 128 Å². The van der Waals surface area contributed by atoms with Gasteiger partial charge >= 0.3 is 0 Å². The topological polar surface area (TPSA) is 51.8 Å². The highest BCUT2D eigenvalue weighted by Crippen LogP contribution is 2.44. The van der Waals surface area contributed by atoms with E-state index < -0.39 is 0 Å². The summed E-state index contributed by atoms with van der Waals surface area (Å²) in [4.78, 5) is 15.3. The molecule has 9 aromatic rings. The van der Waals surface area contributed by atoms with E-state index in [-0.39, 0.29) is 0 Å². The van der Waals surface area contributed by atoms with Crippen LogP contribution >= 0.6 is 0 Å². The number of fused-ring (bicyclic) bond motifs is 3. The lowest BCUT2D eigenvalue weighted by atomic mass is 9.94. The van der Waals surface area contributed by atoms with Gasteiger partial charge in [0.25, 0.3) is 0 Å². The quantitative estimate of drug-likeness (QED) is 0.181. The van der Waals surface area contributed by atoms with Crippen molar-refractivity contribution in [2.24, 2.45) is 0 Å². The number of aryl methyl sites for hydroxylation is 1. The highest BCUT2D eigenvalue weighted by atomic mass is 16.3. The highest BCUT2D eigenvalue weighted by molar-refractivity contribution is 6.17. The Labute approximate surface area is 290 Å². The minimum atomic E-state index is 0.584. The van der Waals surface area contributed by atoms with Crippen molar-refractivity contribution in [3.63, 3.8) is 0 Å². The number of furan rings is 1. The van der Waals surface area contributed by atoms with Crippen LogP contribution in [0.1, 0.15) is 5.56 Å². The van der Waals surface area contributed by atoms with E-state index in [1.165, 1.54) is 11.1 Å². The molecule has 0 fully saturated rings. The molecule has 236 valence electrons. The second-order valence-electron chi connectivity index (χ2n) is 12.5. The summed E-state index contributed by atoms with van der Waals surface area (Å²) in [6.07, 6.45) is 0. The third-order valence-electron chi connectivity index (χ3n) is 9.22. The maximum Gasteiger partial charge on any atom is 0.164 e. The number of rotatable bonds is 6. The summed E-state index contributed by atoms with van der Waals surface area (Å²) >= 11 is 0. The summed E-state index contributed by atoms with van der Waals surface area (Å²) in [6, 6.07) is 58.5. The number of hydrogen-bond acceptors (Lipinski definition) is 4. The zero-order valence-corrected chi connectivity index (χ0v) is 27.4. The van der Waals surface area contributed by atoms with Gasteiger partial charge in [-0.3, -0.25) is 0 Å². The van der Waals surface area contributed by atoms with Crippen LogP contribution in [0.15, 0.2) is 174 Å². The maximum absolute atomic E-state index is 6.78. The second-order valence-corrected chi connectivity index (χ2v) is 12.5. The van der Waals surface area contributed by atoms with Crippen molar-refractivity contribution in [2.45, 2.75) is 6.92 Å². The molecule has 2 heterocycles. The van der Waals surface area contributed by atoms with Gasteiger partial charge < -0.3 is 4.42 Å². The van der Waals surface area contributed by atoms with Crippen LogP contribution in [0, 0.1) is 6.92 Å². The lowest BCUT2D eigenvalue weighted by molar-refractivity contribution is 0.670. The van der Waals surface area contributed by atoms with Gasteiger partial charge in [-0.1, -0.05) is 157 Å². The van der Waals surface area contributed by atoms with E-state index in [0.29, 0.717) is 17.5 Å². The minimum Gasteiger partial charge on any atom is -0.455 e. The Morgan fingerprint density at radius 3 is 1.64 bits per heavy atom. The molecule has 9 rings (SSSR count). The van der Waals surface area contributed by atoms with Gasteiger partial charge in [0.1, 0.15) is 11.2 Å². The van der Waals surface area contributed by atoms with E-state index in [9.17, 15) is 0 Å². The highest BCUT2D eigenvalue weighted by Gasteiger charge is 2.22. The summed E-state index contributed by atoms with van der Waals surface area (Å²) in [5.41, 5.74) is 12.2. The fourth-order valence-corrected chi connectivity index (χ4v) is 6.80. The van der Waals surface area contributed by atoms with Crippen LogP contribution in [0.5, 0.6) is 0 Å². The van der Waals surface area contributed by atoms with Gasteiger partial charge in [0.05, 0.1) is 0 Å². The predicted molar refractivity (Wildman–Crippen MR) is 204 cm³/mol. The first-order valence-corrected chi connectivity index (χ1v) is 16.8. The smallest absolute Gasteiger partial charge is 0.164 e. The first kappa shape index (κ1) is 29.5. The van der Waals surface area contributed by atoms with Crippen LogP contribution in [0.2, 0.25) is 0 Å². The molecule has 50 heavy (non-hydrogen) atoms. The predicted octanol–water partition coefficient (Wildman–Crippen LogP) is 12.1. The zero-order valence-electron chi connectivity index (χ0n) is 27.4. The Morgan fingerprint density at radius 2 is 0.960 bits per heavy atom. The van der Waals surface area contributed by atoms with Crippen LogP contribution < -0.4 is 0 Å². The normalized spacial score (nSPS) is 11.3. The van der Waals surface area contributed by atoms with E-state index in [1.807, 2.05) is 48.5 Å². The van der Waals surface area contributed by atoms with Crippen molar-refractivity contribution in [3.8, 4) is 67.5 Å². The molecule has 0 atom stereocenters. The van der Waals surface area contributed by atoms with Gasteiger partial charge in [-0.05, 0) is 52.9 Å². The fraction of sp³-hybridized carbons (Fsp3) is 0.0217. The molecule has 0 aliphatic carbocycles. The van der Waals surface area contributed by atoms with Crippen LogP contribution in [0.3, 0.4) is 0 Å². The molecule has 0 N–H and O–H groups in total. The molecule has 2 aromatic heterocycles. The van der Waals surface area contributed by atoms with Crippen molar-refractivity contribution in [1.29, 1.82) is 0 Å². The van der Waals surface area contributed by atoms with Crippen molar-refractivity contribution >= 4 is 21.9 Å². The summed E-state index contributed by atoms with van der Waals surface area (Å²) in [7, 11) is 0. The Hall–Kier alpha value is -6.65. The SMILES string of the molecule is Cc1cccc(-c2ccc(-c3nc(-c4ccccc4)nc(-c4ccc5c(oc6cccc(-c7ccccc7)c65)c4-c4ccccc4)n3)cc2)c1. The zero-order chi connectivity index (χ0) is 33.4. The van der Waals surface area contributed by atoms with Gasteiger partial charge in [-0.2, -0.15) is 0 Å². The first-order chi connectivity index (χ1) is 24.7. The average Bonchev–Trinajstić information content (AvgIpc) is 3.57. The number of aromatic nitrogens is 3. The summed E-state index contributed by atoms with van der Waals surface area (Å²) < 4.78 is 6.78. The van der Waals surface area contributed by atoms with Gasteiger partial charge in [-0.15, -0.1) is 0 Å². The lowest BCUT2D eigenvalue weighted by Crippen LogP contribution is -2.01. The average molecular weight is 642 g/mol. The van der Waals surface area contributed by atoms with Gasteiger partial charge in [0.2, 0.25) is 0 Å². The lowest BCUT2D eigenvalue weighted by Gasteiger charge is -2.13. The van der Waals surface area contributed by atoms with Gasteiger partial charge in [0.15, 0.2) is 17.5 Å². The van der Waals surface area contributed by atoms with E-state index in [1.54, 1.807) is 0 Å². The Bertz CT molecular complexity index is 2630. The van der Waals surface area contributed by atoms with Crippen LogP contribution in [-0.2, 0) is 0 Å². The van der Waals surface area contributed by atoms with E-state index in [0.717, 1.165) is 66.4 Å². The standard InChI is InChI=1S/C46H31N3O/c1-30-13-11-20-36(29-30)31-23-25-35(26-24-31)45-47-44(34-18-9-4-10-19-34)48-46(49-45)39-28-27-38-42-37(32-14-5-2-6-15-32)21-12-22-40(42)50-43(38)41(39)33-16-7-3-8-17-33/h2-29H,1H3. The van der Waals surface area contributed by atoms with E-state index in [4.69, 9.17) is 19.4 Å². The minimum absolute atomic E-state index is 0.584. The number of benzene rings is 7. The van der Waals surface area contributed by atoms with Crippen LogP contribution in [0.25, 0.3) is 89.5 Å². The Balaban J connectivity index is 1.27. The third kappa shape index (κ3) is 5.33. The molecule has 0 spiro atoms. The molecule has 0 amide bonds. The largest absolute Gasteiger partial charge is 0.455 e. The molecular weight excluding hydrogens is 611 g/mol.